The molecular weight excluding hydrogens is 337 g/mol. The van der Waals surface area contributed by atoms with Gasteiger partial charge in [-0.05, 0) is 13.8 Å². The average Bonchev–Trinajstić information content (AvgIpc) is 2.35. The van der Waals surface area contributed by atoms with Gasteiger partial charge in [0.05, 0.1) is 5.03 Å². The van der Waals surface area contributed by atoms with Crippen LogP contribution < -0.4 is 0 Å². The van der Waals surface area contributed by atoms with Gasteiger partial charge in [-0.15, -0.1) is 0 Å². The quantitative estimate of drug-likeness (QED) is 0.709. The monoisotopic (exact) mass is 351 g/mol. The molecule has 1 amide bonds. The van der Waals surface area contributed by atoms with Gasteiger partial charge in [-0.3, -0.25) is 0 Å². The maximum absolute atomic E-state index is 11.9. The molecule has 0 saturated carbocycles. The van der Waals surface area contributed by atoms with E-state index in [1.54, 1.807) is 4.90 Å². The number of carbonyl (C=O) groups is 1. The fourth-order valence-corrected chi connectivity index (χ4v) is 1.74. The van der Waals surface area contributed by atoms with E-state index >= 15 is 0 Å². The Morgan fingerprint density at radius 1 is 1.17 bits per heavy atom. The van der Waals surface area contributed by atoms with Crippen LogP contribution in [-0.2, 0) is 4.74 Å². The Labute approximate surface area is 134 Å². The van der Waals surface area contributed by atoms with E-state index in [1.807, 2.05) is 13.8 Å². The van der Waals surface area contributed by atoms with Crippen molar-refractivity contribution in [3.63, 3.8) is 0 Å². The molecule has 2 unspecified atom stereocenters. The van der Waals surface area contributed by atoms with Crippen LogP contribution in [0.1, 0.15) is 13.8 Å². The molecule has 3 nitrogen and oxygen atoms in total. The summed E-state index contributed by atoms with van der Waals surface area (Å²) >= 11 is 24.9. The summed E-state index contributed by atoms with van der Waals surface area (Å²) in [5.74, 6) is 1.04. The van der Waals surface area contributed by atoms with E-state index in [4.69, 9.17) is 39.5 Å². The van der Waals surface area contributed by atoms with E-state index in [-0.39, 0.29) is 28.2 Å². The molecule has 2 atom stereocenters. The van der Waals surface area contributed by atoms with E-state index in [0.717, 1.165) is 0 Å². The molecule has 0 aromatic heterocycles. The molecule has 0 aromatic carbocycles. The fraction of sp³-hybridized carbons (Fsp3) is 0.700. The third-order valence-electron chi connectivity index (χ3n) is 2.22. The highest BCUT2D eigenvalue weighted by molar-refractivity contribution is 7.80. The van der Waals surface area contributed by atoms with Crippen molar-refractivity contribution in [1.29, 1.82) is 0 Å². The smallest absolute Gasteiger partial charge is 0.410 e. The minimum atomic E-state index is -0.495. The first-order valence-corrected chi connectivity index (χ1v) is 7.61. The Morgan fingerprint density at radius 3 is 1.94 bits per heavy atom. The number of carbonyl (C=O) groups excluding carboxylic acids is 1. The van der Waals surface area contributed by atoms with E-state index in [1.165, 1.54) is 0 Å². The minimum Gasteiger partial charge on any atom is -0.443 e. The summed E-state index contributed by atoms with van der Waals surface area (Å²) in [6.07, 6.45) is -0.495. The Balaban J connectivity index is 4.63. The van der Waals surface area contributed by atoms with Crippen molar-refractivity contribution in [2.45, 2.75) is 25.9 Å². The van der Waals surface area contributed by atoms with E-state index in [2.05, 4.69) is 25.3 Å². The molecule has 106 valence electrons. The Bertz CT molecular complexity index is 301. The van der Waals surface area contributed by atoms with Crippen molar-refractivity contribution in [3.8, 4) is 0 Å². The molecule has 0 aliphatic rings. The van der Waals surface area contributed by atoms with Crippen LogP contribution in [0.25, 0.3) is 0 Å². The average molecular weight is 353 g/mol. The van der Waals surface area contributed by atoms with Gasteiger partial charge in [0, 0.05) is 23.6 Å². The van der Waals surface area contributed by atoms with Gasteiger partial charge in [-0.1, -0.05) is 34.8 Å². The van der Waals surface area contributed by atoms with E-state index in [9.17, 15) is 4.79 Å². The first-order chi connectivity index (χ1) is 8.34. The molecule has 0 aliphatic carbocycles. The molecule has 0 saturated heterocycles. The van der Waals surface area contributed by atoms with Crippen molar-refractivity contribution >= 4 is 66.2 Å². The van der Waals surface area contributed by atoms with Gasteiger partial charge in [0.25, 0.3) is 0 Å². The van der Waals surface area contributed by atoms with Gasteiger partial charge in [-0.25, -0.2) is 4.79 Å². The number of halogens is 3. The van der Waals surface area contributed by atoms with Gasteiger partial charge in [0.15, 0.2) is 0 Å². The van der Waals surface area contributed by atoms with Crippen molar-refractivity contribution in [3.05, 3.63) is 9.52 Å². The minimum absolute atomic E-state index is 0.0720. The first kappa shape index (κ1) is 18.6. The summed E-state index contributed by atoms with van der Waals surface area (Å²) in [5, 5.41) is 0.0867. The van der Waals surface area contributed by atoms with Crippen molar-refractivity contribution < 1.29 is 9.53 Å². The highest BCUT2D eigenvalue weighted by atomic mass is 35.5. The van der Waals surface area contributed by atoms with Gasteiger partial charge in [0.1, 0.15) is 11.1 Å². The normalized spacial score (nSPS) is 13.7. The lowest BCUT2D eigenvalue weighted by molar-refractivity contribution is 0.0887. The van der Waals surface area contributed by atoms with Crippen LogP contribution in [0, 0.1) is 0 Å². The number of hydrogen-bond donors (Lipinski definition) is 2. The predicted octanol–water partition coefficient (Wildman–Crippen LogP) is 3.95. The Kier molecular flexibility index (Phi) is 9.78. The molecule has 0 fully saturated rings. The van der Waals surface area contributed by atoms with E-state index < -0.39 is 6.09 Å². The van der Waals surface area contributed by atoms with Gasteiger partial charge in [-0.2, -0.15) is 25.3 Å². The maximum Gasteiger partial charge on any atom is 0.410 e. The molecule has 0 aromatic rings. The number of nitrogens with zero attached hydrogens (tertiary/aromatic N) is 1. The van der Waals surface area contributed by atoms with Crippen LogP contribution in [-0.4, -0.2) is 41.2 Å². The Hall–Kier alpha value is 0.580. The molecule has 8 heteroatoms. The largest absolute Gasteiger partial charge is 0.443 e. The molecule has 0 rings (SSSR count). The number of ether oxygens (including phenoxy) is 1. The van der Waals surface area contributed by atoms with Crippen molar-refractivity contribution in [2.75, 3.05) is 18.1 Å². The molecule has 0 spiro atoms. The van der Waals surface area contributed by atoms with Crippen LogP contribution in [0.15, 0.2) is 9.52 Å². The Morgan fingerprint density at radius 2 is 1.61 bits per heavy atom. The van der Waals surface area contributed by atoms with Crippen LogP contribution in [0.5, 0.6) is 0 Å². The number of amides is 1. The second-order valence-corrected chi connectivity index (χ2v) is 5.83. The summed E-state index contributed by atoms with van der Waals surface area (Å²) in [5.41, 5.74) is 0. The standard InChI is InChI=1S/C10H16Cl3NO2S2/c1-6(4-17)14(7(2)5-18)10(15)16-3-8(11)9(12)13/h6-7,17-18H,3-5H2,1-2H3. The summed E-state index contributed by atoms with van der Waals surface area (Å²) in [6, 6.07) is -0.144. The SMILES string of the molecule is CC(CS)N(C(=O)OCC(Cl)=C(Cl)Cl)C(C)CS. The highest BCUT2D eigenvalue weighted by Crippen LogP contribution is 2.19. The van der Waals surface area contributed by atoms with Gasteiger partial charge >= 0.3 is 6.09 Å². The zero-order valence-electron chi connectivity index (χ0n) is 10.1. The molecule has 0 heterocycles. The van der Waals surface area contributed by atoms with Crippen molar-refractivity contribution in [1.82, 2.24) is 4.90 Å². The lowest BCUT2D eigenvalue weighted by atomic mass is 10.2. The zero-order chi connectivity index (χ0) is 14.3. The van der Waals surface area contributed by atoms with Crippen molar-refractivity contribution in [2.24, 2.45) is 0 Å². The van der Waals surface area contributed by atoms with Crippen LogP contribution in [0.3, 0.4) is 0 Å². The molecule has 0 N–H and O–H groups in total. The topological polar surface area (TPSA) is 29.5 Å². The second-order valence-electron chi connectivity index (χ2n) is 3.69. The van der Waals surface area contributed by atoms with Crippen LogP contribution in [0.2, 0.25) is 0 Å². The summed E-state index contributed by atoms with van der Waals surface area (Å²) in [4.78, 5) is 13.5. The maximum atomic E-state index is 11.9. The molecule has 0 aliphatic heterocycles. The molecule has 0 radical (unpaired) electrons. The summed E-state index contributed by atoms with van der Waals surface area (Å²) in [6.45, 7) is 3.60. The molecular formula is C10H16Cl3NO2S2. The lowest BCUT2D eigenvalue weighted by Crippen LogP contribution is -2.46. The first-order valence-electron chi connectivity index (χ1n) is 5.21. The number of rotatable bonds is 6. The van der Waals surface area contributed by atoms with E-state index in [0.29, 0.717) is 11.5 Å². The number of hydrogen-bond acceptors (Lipinski definition) is 4. The van der Waals surface area contributed by atoms with Gasteiger partial charge < -0.3 is 9.64 Å². The molecule has 18 heavy (non-hydrogen) atoms. The second kappa shape index (κ2) is 9.48. The van der Waals surface area contributed by atoms with Crippen LogP contribution >= 0.6 is 60.1 Å². The summed E-state index contributed by atoms with van der Waals surface area (Å²) in [7, 11) is 0. The molecule has 0 bridgehead atoms. The fourth-order valence-electron chi connectivity index (χ4n) is 1.22. The highest BCUT2D eigenvalue weighted by Gasteiger charge is 2.25. The third kappa shape index (κ3) is 6.15. The number of thiol groups is 2. The predicted molar refractivity (Wildman–Crippen MR) is 84.4 cm³/mol. The lowest BCUT2D eigenvalue weighted by Gasteiger charge is -2.32. The third-order valence-corrected chi connectivity index (χ3v) is 4.22. The van der Waals surface area contributed by atoms with Crippen LogP contribution in [0.4, 0.5) is 4.79 Å². The zero-order valence-corrected chi connectivity index (χ0v) is 14.1. The van der Waals surface area contributed by atoms with Gasteiger partial charge in [0.2, 0.25) is 0 Å². The summed E-state index contributed by atoms with van der Waals surface area (Å²) < 4.78 is 4.92.